The Bertz CT molecular complexity index is 471. The first-order valence-corrected chi connectivity index (χ1v) is 6.43. The predicted octanol–water partition coefficient (Wildman–Crippen LogP) is 3.03. The molecule has 0 unspecified atom stereocenters. The standard InChI is InChI=1S/C16H20N2/c1-13-6-5-7-14(2)16(13)12-17-11-9-15-8-3-4-10-18-15/h3-8,10,17H,9,11-12H2,1-2H3. The van der Waals surface area contributed by atoms with Gasteiger partial charge in [0.2, 0.25) is 0 Å². The average Bonchev–Trinajstić information content (AvgIpc) is 2.38. The molecule has 0 fully saturated rings. The van der Waals surface area contributed by atoms with E-state index in [1.807, 2.05) is 18.3 Å². The van der Waals surface area contributed by atoms with Gasteiger partial charge in [-0.25, -0.2) is 0 Å². The summed E-state index contributed by atoms with van der Waals surface area (Å²) in [7, 11) is 0. The molecule has 1 aromatic heterocycles. The summed E-state index contributed by atoms with van der Waals surface area (Å²) in [6.45, 7) is 6.24. The normalized spacial score (nSPS) is 10.6. The van der Waals surface area contributed by atoms with Gasteiger partial charge >= 0.3 is 0 Å². The molecule has 1 aromatic carbocycles. The van der Waals surface area contributed by atoms with Crippen LogP contribution < -0.4 is 5.32 Å². The Hall–Kier alpha value is -1.67. The average molecular weight is 240 g/mol. The minimum absolute atomic E-state index is 0.936. The fourth-order valence-electron chi connectivity index (χ4n) is 2.10. The molecule has 0 radical (unpaired) electrons. The van der Waals surface area contributed by atoms with Crippen molar-refractivity contribution >= 4 is 0 Å². The largest absolute Gasteiger partial charge is 0.312 e. The molecule has 0 aliphatic rings. The highest BCUT2D eigenvalue weighted by molar-refractivity contribution is 5.33. The minimum Gasteiger partial charge on any atom is -0.312 e. The molecule has 0 saturated heterocycles. The first kappa shape index (κ1) is 12.8. The summed E-state index contributed by atoms with van der Waals surface area (Å²) >= 11 is 0. The highest BCUT2D eigenvalue weighted by Gasteiger charge is 2.01. The topological polar surface area (TPSA) is 24.9 Å². The van der Waals surface area contributed by atoms with Gasteiger partial charge in [0.25, 0.3) is 0 Å². The molecule has 0 saturated carbocycles. The Labute approximate surface area is 109 Å². The van der Waals surface area contributed by atoms with E-state index in [9.17, 15) is 0 Å². The number of rotatable bonds is 5. The van der Waals surface area contributed by atoms with Crippen molar-refractivity contribution in [3.63, 3.8) is 0 Å². The maximum absolute atomic E-state index is 4.32. The third kappa shape index (κ3) is 3.41. The van der Waals surface area contributed by atoms with Crippen molar-refractivity contribution in [3.05, 3.63) is 65.0 Å². The zero-order chi connectivity index (χ0) is 12.8. The first-order valence-electron chi connectivity index (χ1n) is 6.43. The summed E-state index contributed by atoms with van der Waals surface area (Å²) in [6.07, 6.45) is 2.83. The molecule has 0 amide bonds. The van der Waals surface area contributed by atoms with Crippen molar-refractivity contribution in [1.82, 2.24) is 10.3 Å². The van der Waals surface area contributed by atoms with Gasteiger partial charge in [-0.1, -0.05) is 24.3 Å². The number of pyridine rings is 1. The van der Waals surface area contributed by atoms with Crippen LogP contribution in [0.2, 0.25) is 0 Å². The van der Waals surface area contributed by atoms with Crippen molar-refractivity contribution in [2.45, 2.75) is 26.8 Å². The van der Waals surface area contributed by atoms with Gasteiger partial charge in [0.05, 0.1) is 0 Å². The van der Waals surface area contributed by atoms with Gasteiger partial charge in [-0.15, -0.1) is 0 Å². The Morgan fingerprint density at radius 1 is 1.00 bits per heavy atom. The van der Waals surface area contributed by atoms with Gasteiger partial charge in [-0.2, -0.15) is 0 Å². The molecular weight excluding hydrogens is 220 g/mol. The van der Waals surface area contributed by atoms with Crippen LogP contribution in [-0.2, 0) is 13.0 Å². The minimum atomic E-state index is 0.936. The second kappa shape index (κ2) is 6.31. The lowest BCUT2D eigenvalue weighted by Crippen LogP contribution is -2.18. The number of nitrogens with zero attached hydrogens (tertiary/aromatic N) is 1. The van der Waals surface area contributed by atoms with Crippen molar-refractivity contribution in [1.29, 1.82) is 0 Å². The lowest BCUT2D eigenvalue weighted by Gasteiger charge is -2.10. The number of hydrogen-bond acceptors (Lipinski definition) is 2. The van der Waals surface area contributed by atoms with Crippen LogP contribution in [0.25, 0.3) is 0 Å². The van der Waals surface area contributed by atoms with Gasteiger partial charge in [0.15, 0.2) is 0 Å². The van der Waals surface area contributed by atoms with Crippen LogP contribution in [0.5, 0.6) is 0 Å². The summed E-state index contributed by atoms with van der Waals surface area (Å²) in [4.78, 5) is 4.32. The molecule has 0 aliphatic heterocycles. The van der Waals surface area contributed by atoms with Crippen LogP contribution in [0.4, 0.5) is 0 Å². The highest BCUT2D eigenvalue weighted by Crippen LogP contribution is 2.12. The van der Waals surface area contributed by atoms with E-state index in [2.05, 4.69) is 48.4 Å². The van der Waals surface area contributed by atoms with Crippen LogP contribution >= 0.6 is 0 Å². The van der Waals surface area contributed by atoms with E-state index >= 15 is 0 Å². The highest BCUT2D eigenvalue weighted by atomic mass is 14.9. The summed E-state index contributed by atoms with van der Waals surface area (Å²) in [5.41, 5.74) is 5.28. The Morgan fingerprint density at radius 2 is 1.78 bits per heavy atom. The van der Waals surface area contributed by atoms with Gasteiger partial charge in [0.1, 0.15) is 0 Å². The Kier molecular flexibility index (Phi) is 4.48. The molecule has 2 aromatic rings. The van der Waals surface area contributed by atoms with Crippen molar-refractivity contribution in [2.75, 3.05) is 6.54 Å². The van der Waals surface area contributed by atoms with E-state index in [-0.39, 0.29) is 0 Å². The van der Waals surface area contributed by atoms with Crippen LogP contribution in [0.1, 0.15) is 22.4 Å². The number of nitrogens with one attached hydrogen (secondary N) is 1. The van der Waals surface area contributed by atoms with Gasteiger partial charge < -0.3 is 5.32 Å². The van der Waals surface area contributed by atoms with E-state index in [4.69, 9.17) is 0 Å². The molecule has 0 atom stereocenters. The second-order valence-electron chi connectivity index (χ2n) is 4.62. The molecule has 1 N–H and O–H groups in total. The Balaban J connectivity index is 1.82. The third-order valence-corrected chi connectivity index (χ3v) is 3.23. The maximum atomic E-state index is 4.32. The van der Waals surface area contributed by atoms with E-state index < -0.39 is 0 Å². The summed E-state index contributed by atoms with van der Waals surface area (Å²) in [6, 6.07) is 12.5. The summed E-state index contributed by atoms with van der Waals surface area (Å²) < 4.78 is 0. The van der Waals surface area contributed by atoms with E-state index in [0.29, 0.717) is 0 Å². The molecule has 0 bridgehead atoms. The van der Waals surface area contributed by atoms with Crippen LogP contribution in [0, 0.1) is 13.8 Å². The van der Waals surface area contributed by atoms with Crippen molar-refractivity contribution in [3.8, 4) is 0 Å². The van der Waals surface area contributed by atoms with Crippen LogP contribution in [-0.4, -0.2) is 11.5 Å². The summed E-state index contributed by atoms with van der Waals surface area (Å²) in [5, 5.41) is 3.49. The monoisotopic (exact) mass is 240 g/mol. The first-order chi connectivity index (χ1) is 8.77. The maximum Gasteiger partial charge on any atom is 0.0416 e. The van der Waals surface area contributed by atoms with Gasteiger partial charge in [0, 0.05) is 31.4 Å². The molecule has 2 heteroatoms. The van der Waals surface area contributed by atoms with Crippen molar-refractivity contribution in [2.24, 2.45) is 0 Å². The SMILES string of the molecule is Cc1cccc(C)c1CNCCc1ccccn1. The molecule has 2 nitrogen and oxygen atoms in total. The second-order valence-corrected chi connectivity index (χ2v) is 4.62. The zero-order valence-electron chi connectivity index (χ0n) is 11.1. The van der Waals surface area contributed by atoms with Crippen LogP contribution in [0.15, 0.2) is 42.6 Å². The molecule has 94 valence electrons. The lowest BCUT2D eigenvalue weighted by molar-refractivity contribution is 0.675. The Morgan fingerprint density at radius 3 is 2.44 bits per heavy atom. The molecule has 0 spiro atoms. The molecule has 0 aliphatic carbocycles. The number of aromatic nitrogens is 1. The van der Waals surface area contributed by atoms with Gasteiger partial charge in [-0.3, -0.25) is 4.98 Å². The molecule has 2 rings (SSSR count). The molecule has 18 heavy (non-hydrogen) atoms. The van der Waals surface area contributed by atoms with E-state index in [1.165, 1.54) is 16.7 Å². The van der Waals surface area contributed by atoms with E-state index in [1.54, 1.807) is 0 Å². The predicted molar refractivity (Wildman–Crippen MR) is 75.6 cm³/mol. The molecular formula is C16H20N2. The van der Waals surface area contributed by atoms with Crippen molar-refractivity contribution < 1.29 is 0 Å². The number of aryl methyl sites for hydroxylation is 2. The fraction of sp³-hybridized carbons (Fsp3) is 0.312. The smallest absolute Gasteiger partial charge is 0.0416 e. The summed E-state index contributed by atoms with van der Waals surface area (Å²) in [5.74, 6) is 0. The lowest BCUT2D eigenvalue weighted by atomic mass is 10.0. The van der Waals surface area contributed by atoms with E-state index in [0.717, 1.165) is 25.2 Å². The fourth-order valence-corrected chi connectivity index (χ4v) is 2.10. The number of benzene rings is 1. The quantitative estimate of drug-likeness (QED) is 0.813. The number of hydrogen-bond donors (Lipinski definition) is 1. The van der Waals surface area contributed by atoms with Gasteiger partial charge in [-0.05, 0) is 42.7 Å². The zero-order valence-corrected chi connectivity index (χ0v) is 11.1. The third-order valence-electron chi connectivity index (χ3n) is 3.23. The molecule has 1 heterocycles. The van der Waals surface area contributed by atoms with Crippen LogP contribution in [0.3, 0.4) is 0 Å².